The van der Waals surface area contributed by atoms with E-state index in [4.69, 9.17) is 15.8 Å². The van der Waals surface area contributed by atoms with Crippen LogP contribution in [0.25, 0.3) is 11.3 Å². The first-order chi connectivity index (χ1) is 9.92. The normalized spacial score (nSPS) is 15.6. The number of carbonyl (C=O) groups excluding carboxylic acids is 1. The molecule has 0 fully saturated rings. The van der Waals surface area contributed by atoms with E-state index in [9.17, 15) is 4.79 Å². The van der Waals surface area contributed by atoms with Crippen molar-refractivity contribution in [2.75, 3.05) is 11.2 Å². The summed E-state index contributed by atoms with van der Waals surface area (Å²) in [5.41, 5.74) is 2.81. The van der Waals surface area contributed by atoms with Crippen molar-refractivity contribution >= 4 is 11.8 Å². The Bertz CT molecular complexity index is 783. The molecule has 2 heterocycles. The lowest BCUT2D eigenvalue weighted by Crippen LogP contribution is -2.34. The first-order valence-electron chi connectivity index (χ1n) is 6.44. The molecule has 0 saturated heterocycles. The molecule has 106 valence electrons. The van der Waals surface area contributed by atoms with Gasteiger partial charge in [-0.15, -0.1) is 0 Å². The van der Waals surface area contributed by atoms with E-state index < -0.39 is 11.7 Å². The number of anilines is 1. The van der Waals surface area contributed by atoms with Crippen LogP contribution < -0.4 is 11.2 Å². The molecule has 0 spiro atoms. The van der Waals surface area contributed by atoms with Crippen molar-refractivity contribution < 1.29 is 9.53 Å². The standard InChI is InChI=1S/C15H14N4O2/c1-15(2)11-7-9(3-5-12(11)18-14(20)21-15)13-6-4-10(8-16)19(13)17/h3-7H,17H2,1-2H3,(H,18,20). The predicted octanol–water partition coefficient (Wildman–Crippen LogP) is 2.54. The summed E-state index contributed by atoms with van der Waals surface area (Å²) in [6, 6.07) is 11.0. The third-order valence-corrected chi connectivity index (χ3v) is 3.58. The van der Waals surface area contributed by atoms with Crippen molar-refractivity contribution in [3.8, 4) is 17.3 Å². The summed E-state index contributed by atoms with van der Waals surface area (Å²) < 4.78 is 6.65. The molecule has 0 bridgehead atoms. The van der Waals surface area contributed by atoms with Gasteiger partial charge in [-0.3, -0.25) is 9.99 Å². The molecule has 2 aromatic rings. The van der Waals surface area contributed by atoms with E-state index in [1.807, 2.05) is 38.1 Å². The number of fused-ring (bicyclic) bond motifs is 1. The molecule has 3 rings (SSSR count). The quantitative estimate of drug-likeness (QED) is 0.786. The van der Waals surface area contributed by atoms with Crippen molar-refractivity contribution in [3.05, 3.63) is 41.6 Å². The number of rotatable bonds is 1. The molecule has 1 aliphatic heterocycles. The number of hydrogen-bond acceptors (Lipinski definition) is 4. The molecule has 0 radical (unpaired) electrons. The molecule has 1 aliphatic rings. The summed E-state index contributed by atoms with van der Waals surface area (Å²) in [4.78, 5) is 11.5. The topological polar surface area (TPSA) is 93.1 Å². The van der Waals surface area contributed by atoms with Gasteiger partial charge in [-0.05, 0) is 38.1 Å². The van der Waals surface area contributed by atoms with Gasteiger partial charge in [0.25, 0.3) is 0 Å². The van der Waals surface area contributed by atoms with Gasteiger partial charge < -0.3 is 10.6 Å². The van der Waals surface area contributed by atoms with Crippen molar-refractivity contribution in [3.63, 3.8) is 0 Å². The number of cyclic esters (lactones) is 1. The van der Waals surface area contributed by atoms with E-state index in [2.05, 4.69) is 5.32 Å². The predicted molar refractivity (Wildman–Crippen MR) is 77.9 cm³/mol. The maximum atomic E-state index is 11.5. The highest BCUT2D eigenvalue weighted by Crippen LogP contribution is 2.38. The third-order valence-electron chi connectivity index (χ3n) is 3.58. The maximum absolute atomic E-state index is 11.5. The Morgan fingerprint density at radius 1 is 1.33 bits per heavy atom. The van der Waals surface area contributed by atoms with Crippen LogP contribution in [0, 0.1) is 11.3 Å². The molecular formula is C15H14N4O2. The SMILES string of the molecule is CC1(C)OC(=O)Nc2ccc(-c3ccc(C#N)n3N)cc21. The zero-order valence-corrected chi connectivity index (χ0v) is 11.7. The lowest BCUT2D eigenvalue weighted by molar-refractivity contribution is 0.0421. The van der Waals surface area contributed by atoms with Gasteiger partial charge in [0.05, 0.1) is 11.4 Å². The molecule has 1 aromatic heterocycles. The second-order valence-electron chi connectivity index (χ2n) is 5.37. The van der Waals surface area contributed by atoms with E-state index in [-0.39, 0.29) is 0 Å². The first kappa shape index (κ1) is 13.1. The number of nitriles is 1. The van der Waals surface area contributed by atoms with E-state index in [1.54, 1.807) is 12.1 Å². The summed E-state index contributed by atoms with van der Waals surface area (Å²) in [6.07, 6.45) is -0.464. The molecule has 0 atom stereocenters. The summed E-state index contributed by atoms with van der Waals surface area (Å²) in [7, 11) is 0. The van der Waals surface area contributed by atoms with Crippen LogP contribution in [0.2, 0.25) is 0 Å². The smallest absolute Gasteiger partial charge is 0.412 e. The van der Waals surface area contributed by atoms with Crippen molar-refractivity contribution in [2.24, 2.45) is 0 Å². The van der Waals surface area contributed by atoms with Crippen LogP contribution >= 0.6 is 0 Å². The van der Waals surface area contributed by atoms with Gasteiger partial charge in [0.15, 0.2) is 0 Å². The summed E-state index contributed by atoms with van der Waals surface area (Å²) in [5.74, 6) is 5.90. The zero-order chi connectivity index (χ0) is 15.2. The highest BCUT2D eigenvalue weighted by molar-refractivity contribution is 5.89. The molecule has 1 amide bonds. The van der Waals surface area contributed by atoms with Gasteiger partial charge in [0.2, 0.25) is 0 Å². The van der Waals surface area contributed by atoms with E-state index >= 15 is 0 Å². The Morgan fingerprint density at radius 2 is 2.10 bits per heavy atom. The van der Waals surface area contributed by atoms with E-state index in [0.717, 1.165) is 22.5 Å². The van der Waals surface area contributed by atoms with Crippen LogP contribution in [-0.4, -0.2) is 10.8 Å². The largest absolute Gasteiger partial charge is 0.438 e. The maximum Gasteiger partial charge on any atom is 0.412 e. The first-order valence-corrected chi connectivity index (χ1v) is 6.44. The molecule has 21 heavy (non-hydrogen) atoms. The van der Waals surface area contributed by atoms with E-state index in [1.165, 1.54) is 4.68 Å². The molecule has 6 heteroatoms. The highest BCUT2D eigenvalue weighted by Gasteiger charge is 2.33. The number of amides is 1. The molecule has 0 aliphatic carbocycles. The molecule has 0 saturated carbocycles. The van der Waals surface area contributed by atoms with Gasteiger partial charge in [0.1, 0.15) is 17.4 Å². The Kier molecular flexibility index (Phi) is 2.66. The van der Waals surface area contributed by atoms with E-state index in [0.29, 0.717) is 5.69 Å². The van der Waals surface area contributed by atoms with Crippen LogP contribution in [0.15, 0.2) is 30.3 Å². The van der Waals surface area contributed by atoms with Gasteiger partial charge in [-0.2, -0.15) is 5.26 Å². The number of hydrogen-bond donors (Lipinski definition) is 2. The lowest BCUT2D eigenvalue weighted by Gasteiger charge is -2.32. The minimum Gasteiger partial charge on any atom is -0.438 e. The highest BCUT2D eigenvalue weighted by atomic mass is 16.6. The van der Waals surface area contributed by atoms with Crippen LogP contribution in [0.1, 0.15) is 25.1 Å². The second-order valence-corrected chi connectivity index (χ2v) is 5.37. The third kappa shape index (κ3) is 1.99. The number of nitrogens with one attached hydrogen (secondary N) is 1. The number of nitrogens with zero attached hydrogens (tertiary/aromatic N) is 2. The van der Waals surface area contributed by atoms with Crippen molar-refractivity contribution in [1.82, 2.24) is 4.68 Å². The number of aromatic nitrogens is 1. The fraction of sp³-hybridized carbons (Fsp3) is 0.200. The molecule has 1 aromatic carbocycles. The van der Waals surface area contributed by atoms with Crippen molar-refractivity contribution in [1.29, 1.82) is 5.26 Å². The number of ether oxygens (including phenoxy) is 1. The Hall–Kier alpha value is -2.94. The summed E-state index contributed by atoms with van der Waals surface area (Å²) >= 11 is 0. The molecule has 6 nitrogen and oxygen atoms in total. The number of benzene rings is 1. The number of nitrogen functional groups attached to an aromatic ring is 1. The fourth-order valence-corrected chi connectivity index (χ4v) is 2.51. The van der Waals surface area contributed by atoms with Gasteiger partial charge in [0, 0.05) is 11.1 Å². The number of nitrogens with two attached hydrogens (primary N) is 1. The second kappa shape index (κ2) is 4.28. The summed E-state index contributed by atoms with van der Waals surface area (Å²) in [5, 5.41) is 11.6. The average molecular weight is 282 g/mol. The Morgan fingerprint density at radius 3 is 2.76 bits per heavy atom. The minimum atomic E-state index is -0.724. The number of carbonyl (C=O) groups is 1. The van der Waals surface area contributed by atoms with Crippen LogP contribution in [0.4, 0.5) is 10.5 Å². The molecule has 3 N–H and O–H groups in total. The molecular weight excluding hydrogens is 268 g/mol. The van der Waals surface area contributed by atoms with Crippen LogP contribution in [0.5, 0.6) is 0 Å². The van der Waals surface area contributed by atoms with Gasteiger partial charge in [-0.25, -0.2) is 4.79 Å². The lowest BCUT2D eigenvalue weighted by atomic mass is 9.92. The monoisotopic (exact) mass is 282 g/mol. The summed E-state index contributed by atoms with van der Waals surface area (Å²) in [6.45, 7) is 3.66. The average Bonchev–Trinajstić information content (AvgIpc) is 2.78. The van der Waals surface area contributed by atoms with Gasteiger partial charge >= 0.3 is 6.09 Å². The molecule has 0 unspecified atom stereocenters. The van der Waals surface area contributed by atoms with Crippen LogP contribution in [-0.2, 0) is 10.3 Å². The van der Waals surface area contributed by atoms with Crippen molar-refractivity contribution in [2.45, 2.75) is 19.4 Å². The van der Waals surface area contributed by atoms with Gasteiger partial charge in [-0.1, -0.05) is 6.07 Å². The fourth-order valence-electron chi connectivity index (χ4n) is 2.51. The Labute approximate surface area is 121 Å². The Balaban J connectivity index is 2.14. The minimum absolute atomic E-state index is 0.381. The van der Waals surface area contributed by atoms with Crippen LogP contribution in [0.3, 0.4) is 0 Å². The zero-order valence-electron chi connectivity index (χ0n) is 11.7.